The highest BCUT2D eigenvalue weighted by atomic mass is 32.2. The van der Waals surface area contributed by atoms with Crippen LogP contribution in [-0.2, 0) is 30.5 Å². The van der Waals surface area contributed by atoms with Crippen molar-refractivity contribution in [3.05, 3.63) is 78.2 Å². The van der Waals surface area contributed by atoms with Gasteiger partial charge in [0, 0.05) is 66.8 Å². The van der Waals surface area contributed by atoms with Crippen LogP contribution < -0.4 is 4.74 Å². The lowest BCUT2D eigenvalue weighted by Gasteiger charge is -2.14. The van der Waals surface area contributed by atoms with Gasteiger partial charge < -0.3 is 9.30 Å². The van der Waals surface area contributed by atoms with Crippen LogP contribution in [0.3, 0.4) is 0 Å². The number of halogens is 4. The number of aryl methyl sites for hydroxylation is 1. The van der Waals surface area contributed by atoms with Crippen molar-refractivity contribution in [2.75, 3.05) is 6.26 Å². The molecule has 9 nitrogen and oxygen atoms in total. The predicted molar refractivity (Wildman–Crippen MR) is 164 cm³/mol. The molecule has 1 aliphatic carbocycles. The first-order valence-electron chi connectivity index (χ1n) is 14.5. The van der Waals surface area contributed by atoms with Crippen LogP contribution in [0.4, 0.5) is 17.6 Å². The Kier molecular flexibility index (Phi) is 6.96. The van der Waals surface area contributed by atoms with E-state index in [-0.39, 0.29) is 22.9 Å². The number of ether oxygens (including phenoxy) is 1. The van der Waals surface area contributed by atoms with Gasteiger partial charge in [0.05, 0.1) is 33.7 Å². The average Bonchev–Trinajstić information content (AvgIpc) is 3.48. The van der Waals surface area contributed by atoms with Crippen LogP contribution in [0.5, 0.6) is 5.75 Å². The van der Waals surface area contributed by atoms with Crippen LogP contribution in [0, 0.1) is 0 Å². The van der Waals surface area contributed by atoms with Gasteiger partial charge in [0.25, 0.3) is 0 Å². The number of hydrogen-bond donors (Lipinski definition) is 0. The standard InChI is InChI=1S/C32H28F4N6O3S/c1-40-15-20-13-23(28(14-27(20)38-40)45-32(34,35)36)31-37-29(30(41(31)2)19-7-8-19)22-5-4-6-26-24(22)16-42(39-26)17-25(33)18-9-11-21(12-10-18)46(3,43)44/h4-6,9-16,19,25H,7-8,17H2,1-3H3. The highest BCUT2D eigenvalue weighted by Gasteiger charge is 2.36. The third-order valence-corrected chi connectivity index (χ3v) is 9.29. The molecule has 3 aromatic carbocycles. The van der Waals surface area contributed by atoms with Crippen molar-refractivity contribution >= 4 is 31.6 Å². The summed E-state index contributed by atoms with van der Waals surface area (Å²) in [7, 11) is 0.0724. The van der Waals surface area contributed by atoms with Gasteiger partial charge in [0.2, 0.25) is 0 Å². The summed E-state index contributed by atoms with van der Waals surface area (Å²) in [6.07, 6.45) is -0.0106. The minimum atomic E-state index is -4.92. The van der Waals surface area contributed by atoms with E-state index < -0.39 is 28.1 Å². The van der Waals surface area contributed by atoms with E-state index in [0.717, 1.165) is 30.4 Å². The molecule has 1 atom stereocenters. The van der Waals surface area contributed by atoms with Crippen molar-refractivity contribution in [3.8, 4) is 28.4 Å². The molecule has 1 fully saturated rings. The molecule has 0 saturated heterocycles. The molecule has 1 saturated carbocycles. The van der Waals surface area contributed by atoms with Crippen LogP contribution >= 0.6 is 0 Å². The highest BCUT2D eigenvalue weighted by Crippen LogP contribution is 2.48. The SMILES string of the molecule is Cn1cc2cc(-c3nc(-c4cccc5nn(CC(F)c6ccc(S(C)(=O)=O)cc6)cc45)c(C4CC4)n3C)c(OC(F)(F)F)cc2n1. The Morgan fingerprint density at radius 1 is 0.978 bits per heavy atom. The molecule has 1 unspecified atom stereocenters. The van der Waals surface area contributed by atoms with E-state index >= 15 is 4.39 Å². The lowest BCUT2D eigenvalue weighted by molar-refractivity contribution is -0.274. The van der Waals surface area contributed by atoms with E-state index in [1.54, 1.807) is 38.6 Å². The van der Waals surface area contributed by atoms with Crippen LogP contribution in [0.15, 0.2) is 71.9 Å². The van der Waals surface area contributed by atoms with Gasteiger partial charge in [0.1, 0.15) is 17.7 Å². The third kappa shape index (κ3) is 5.61. The number of alkyl halides is 4. The topological polar surface area (TPSA) is 96.8 Å². The second kappa shape index (κ2) is 10.7. The maximum absolute atomic E-state index is 15.4. The molecule has 0 amide bonds. The molecule has 46 heavy (non-hydrogen) atoms. The van der Waals surface area contributed by atoms with Crippen molar-refractivity contribution in [2.24, 2.45) is 14.1 Å². The molecule has 0 aliphatic heterocycles. The minimum Gasteiger partial charge on any atom is -0.405 e. The quantitative estimate of drug-likeness (QED) is 0.166. The molecule has 238 valence electrons. The summed E-state index contributed by atoms with van der Waals surface area (Å²) in [6.45, 7) is -0.113. The minimum absolute atomic E-state index is 0.108. The Hall–Kier alpha value is -4.72. The van der Waals surface area contributed by atoms with Crippen molar-refractivity contribution in [1.82, 2.24) is 29.1 Å². The van der Waals surface area contributed by atoms with E-state index in [1.807, 2.05) is 16.7 Å². The van der Waals surface area contributed by atoms with Gasteiger partial charge in [-0.1, -0.05) is 24.3 Å². The Labute approximate surface area is 260 Å². The second-order valence-electron chi connectivity index (χ2n) is 11.7. The van der Waals surface area contributed by atoms with Crippen LogP contribution in [0.2, 0.25) is 0 Å². The third-order valence-electron chi connectivity index (χ3n) is 8.16. The summed E-state index contributed by atoms with van der Waals surface area (Å²) >= 11 is 0. The zero-order valence-electron chi connectivity index (χ0n) is 25.0. The lowest BCUT2D eigenvalue weighted by atomic mass is 10.0. The van der Waals surface area contributed by atoms with E-state index in [0.29, 0.717) is 38.9 Å². The highest BCUT2D eigenvalue weighted by molar-refractivity contribution is 7.90. The van der Waals surface area contributed by atoms with Crippen molar-refractivity contribution in [1.29, 1.82) is 0 Å². The number of aromatic nitrogens is 6. The average molecular weight is 653 g/mol. The van der Waals surface area contributed by atoms with Gasteiger partial charge in [-0.05, 0) is 42.7 Å². The Bertz CT molecular complexity index is 2230. The number of fused-ring (bicyclic) bond motifs is 2. The molecule has 3 aromatic heterocycles. The molecule has 0 N–H and O–H groups in total. The molecule has 3 heterocycles. The molecule has 0 radical (unpaired) electrons. The smallest absolute Gasteiger partial charge is 0.405 e. The number of sulfone groups is 1. The summed E-state index contributed by atoms with van der Waals surface area (Å²) < 4.78 is 88.9. The summed E-state index contributed by atoms with van der Waals surface area (Å²) in [5.74, 6) is 0.0868. The van der Waals surface area contributed by atoms with Crippen LogP contribution in [0.1, 0.15) is 36.2 Å². The molecular formula is C32H28F4N6O3S. The molecular weight excluding hydrogens is 624 g/mol. The molecule has 14 heteroatoms. The summed E-state index contributed by atoms with van der Waals surface area (Å²) in [5.41, 5.74) is 3.68. The number of hydrogen-bond acceptors (Lipinski definition) is 6. The first-order chi connectivity index (χ1) is 21.7. The summed E-state index contributed by atoms with van der Waals surface area (Å²) in [6, 6.07) is 14.0. The van der Waals surface area contributed by atoms with Gasteiger partial charge in [-0.2, -0.15) is 10.2 Å². The first kappa shape index (κ1) is 30.0. The summed E-state index contributed by atoms with van der Waals surface area (Å²) in [5, 5.41) is 10.2. The molecule has 0 spiro atoms. The number of nitrogens with zero attached hydrogens (tertiary/aromatic N) is 6. The monoisotopic (exact) mass is 652 g/mol. The van der Waals surface area contributed by atoms with Gasteiger partial charge in [-0.25, -0.2) is 17.8 Å². The van der Waals surface area contributed by atoms with Crippen LogP contribution in [0.25, 0.3) is 44.5 Å². The Morgan fingerprint density at radius 2 is 1.72 bits per heavy atom. The fraction of sp³-hybridized carbons (Fsp3) is 0.281. The largest absolute Gasteiger partial charge is 0.573 e. The molecule has 1 aliphatic rings. The van der Waals surface area contributed by atoms with E-state index in [1.165, 1.54) is 39.7 Å². The molecule has 6 aromatic rings. The summed E-state index contributed by atoms with van der Waals surface area (Å²) in [4.78, 5) is 5.05. The first-order valence-corrected chi connectivity index (χ1v) is 16.3. The fourth-order valence-electron chi connectivity index (χ4n) is 5.92. The Morgan fingerprint density at radius 3 is 2.39 bits per heavy atom. The van der Waals surface area contributed by atoms with E-state index in [2.05, 4.69) is 14.9 Å². The maximum Gasteiger partial charge on any atom is 0.573 e. The number of rotatable bonds is 8. The van der Waals surface area contributed by atoms with Crippen molar-refractivity contribution < 1.29 is 30.7 Å². The zero-order chi connectivity index (χ0) is 32.5. The fourth-order valence-corrected chi connectivity index (χ4v) is 6.55. The normalized spacial score (nSPS) is 14.8. The lowest BCUT2D eigenvalue weighted by Crippen LogP contribution is -2.18. The van der Waals surface area contributed by atoms with E-state index in [9.17, 15) is 21.6 Å². The van der Waals surface area contributed by atoms with Gasteiger partial charge in [0.15, 0.2) is 9.84 Å². The molecule has 0 bridgehead atoms. The Balaban J connectivity index is 1.30. The van der Waals surface area contributed by atoms with Crippen molar-refractivity contribution in [3.63, 3.8) is 0 Å². The molecule has 7 rings (SSSR count). The maximum atomic E-state index is 15.4. The van der Waals surface area contributed by atoms with Crippen LogP contribution in [-0.4, -0.2) is 50.1 Å². The van der Waals surface area contributed by atoms with E-state index in [4.69, 9.17) is 4.98 Å². The second-order valence-corrected chi connectivity index (χ2v) is 13.7. The number of imidazole rings is 1. The van der Waals surface area contributed by atoms with Gasteiger partial charge in [-0.15, -0.1) is 13.2 Å². The van der Waals surface area contributed by atoms with Gasteiger partial charge >= 0.3 is 6.36 Å². The van der Waals surface area contributed by atoms with Crippen molar-refractivity contribution in [2.45, 2.75) is 42.7 Å². The predicted octanol–water partition coefficient (Wildman–Crippen LogP) is 6.88. The van der Waals surface area contributed by atoms with Gasteiger partial charge in [-0.3, -0.25) is 9.36 Å². The zero-order valence-corrected chi connectivity index (χ0v) is 25.8. The number of benzene rings is 3.